The summed E-state index contributed by atoms with van der Waals surface area (Å²) in [6.45, 7) is 7.47. The van der Waals surface area contributed by atoms with E-state index in [9.17, 15) is 4.79 Å². The zero-order valence-electron chi connectivity index (χ0n) is 12.1. The Bertz CT molecular complexity index is 284. The second-order valence-electron chi connectivity index (χ2n) is 6.52. The van der Waals surface area contributed by atoms with Crippen LogP contribution in [0.1, 0.15) is 59.3 Å². The monoisotopic (exact) mass is 252 g/mol. The number of nitrogens with zero attached hydrogens (tertiary/aromatic N) is 1. The smallest absolute Gasteiger partial charge is 0.241 e. The van der Waals surface area contributed by atoms with Gasteiger partial charge in [-0.25, -0.2) is 0 Å². The highest BCUT2D eigenvalue weighted by atomic mass is 16.2. The fourth-order valence-electron chi connectivity index (χ4n) is 3.38. The number of carbonyl (C=O) groups is 1. The minimum atomic E-state index is 0.0589. The molecule has 2 unspecified atom stereocenters. The molecule has 0 bridgehead atoms. The van der Waals surface area contributed by atoms with E-state index in [4.69, 9.17) is 0 Å². The third-order valence-corrected chi connectivity index (χ3v) is 4.38. The molecule has 1 saturated carbocycles. The normalized spacial score (nSPS) is 30.4. The summed E-state index contributed by atoms with van der Waals surface area (Å²) in [5, 5.41) is 3.45. The molecule has 1 N–H and O–H groups in total. The largest absolute Gasteiger partial charge is 0.326 e. The summed E-state index contributed by atoms with van der Waals surface area (Å²) in [7, 11) is 0. The van der Waals surface area contributed by atoms with Gasteiger partial charge in [0.05, 0.1) is 12.2 Å². The molecular weight excluding hydrogens is 224 g/mol. The van der Waals surface area contributed by atoms with E-state index in [2.05, 4.69) is 31.0 Å². The number of hydrogen-bond donors (Lipinski definition) is 1. The van der Waals surface area contributed by atoms with E-state index < -0.39 is 0 Å². The highest BCUT2D eigenvalue weighted by Crippen LogP contribution is 2.27. The number of hydrogen-bond acceptors (Lipinski definition) is 2. The first-order chi connectivity index (χ1) is 8.58. The van der Waals surface area contributed by atoms with Gasteiger partial charge in [-0.2, -0.15) is 0 Å². The lowest BCUT2D eigenvalue weighted by atomic mass is 9.89. The first kappa shape index (κ1) is 13.9. The van der Waals surface area contributed by atoms with Gasteiger partial charge >= 0.3 is 0 Å². The number of amides is 1. The highest BCUT2D eigenvalue weighted by molar-refractivity contribution is 5.84. The zero-order valence-corrected chi connectivity index (χ0v) is 12.1. The first-order valence-corrected chi connectivity index (χ1v) is 7.64. The van der Waals surface area contributed by atoms with Crippen LogP contribution in [0.4, 0.5) is 0 Å². The molecule has 1 heterocycles. The van der Waals surface area contributed by atoms with E-state index in [1.54, 1.807) is 0 Å². The Balaban J connectivity index is 1.89. The lowest BCUT2D eigenvalue weighted by molar-refractivity contribution is -0.130. The summed E-state index contributed by atoms with van der Waals surface area (Å²) in [4.78, 5) is 14.5. The standard InChI is InChI=1S/C15H28N2O/c1-11(2)9-14-15(18)17(12(3)16-14)10-13-7-5-4-6-8-13/h11-14,16H,4-10H2,1-3H3. The van der Waals surface area contributed by atoms with Crippen molar-refractivity contribution >= 4 is 5.91 Å². The summed E-state index contributed by atoms with van der Waals surface area (Å²) in [5.74, 6) is 1.65. The van der Waals surface area contributed by atoms with Crippen molar-refractivity contribution in [1.82, 2.24) is 10.2 Å². The molecule has 3 heteroatoms. The molecule has 0 radical (unpaired) electrons. The molecule has 1 aliphatic heterocycles. The van der Waals surface area contributed by atoms with Gasteiger partial charge in [0.15, 0.2) is 0 Å². The van der Waals surface area contributed by atoms with Crippen LogP contribution in [0.3, 0.4) is 0 Å². The summed E-state index contributed by atoms with van der Waals surface area (Å²) < 4.78 is 0. The maximum Gasteiger partial charge on any atom is 0.241 e. The van der Waals surface area contributed by atoms with Gasteiger partial charge in [-0.05, 0) is 38.0 Å². The Morgan fingerprint density at radius 2 is 1.94 bits per heavy atom. The summed E-state index contributed by atoms with van der Waals surface area (Å²) in [6, 6.07) is 0.0589. The minimum absolute atomic E-state index is 0.0589. The van der Waals surface area contributed by atoms with Gasteiger partial charge in [0.25, 0.3) is 0 Å². The van der Waals surface area contributed by atoms with Crippen molar-refractivity contribution in [3.8, 4) is 0 Å². The van der Waals surface area contributed by atoms with Crippen molar-refractivity contribution in [2.45, 2.75) is 71.5 Å². The van der Waals surface area contributed by atoms with E-state index in [1.807, 2.05) is 0 Å². The Morgan fingerprint density at radius 3 is 2.56 bits per heavy atom. The molecule has 2 rings (SSSR count). The quantitative estimate of drug-likeness (QED) is 0.834. The molecule has 2 aliphatic rings. The van der Waals surface area contributed by atoms with Crippen LogP contribution in [0.5, 0.6) is 0 Å². The van der Waals surface area contributed by atoms with E-state index in [0.29, 0.717) is 11.8 Å². The van der Waals surface area contributed by atoms with Crippen molar-refractivity contribution in [1.29, 1.82) is 0 Å². The van der Waals surface area contributed by atoms with Crippen LogP contribution in [0.15, 0.2) is 0 Å². The van der Waals surface area contributed by atoms with Crippen molar-refractivity contribution in [3.63, 3.8) is 0 Å². The van der Waals surface area contributed by atoms with Gasteiger partial charge < -0.3 is 4.90 Å². The Morgan fingerprint density at radius 1 is 1.28 bits per heavy atom. The van der Waals surface area contributed by atoms with Gasteiger partial charge in [-0.1, -0.05) is 33.1 Å². The molecule has 1 aliphatic carbocycles. The predicted molar refractivity (Wildman–Crippen MR) is 74.1 cm³/mol. The van der Waals surface area contributed by atoms with Crippen LogP contribution < -0.4 is 5.32 Å². The van der Waals surface area contributed by atoms with E-state index in [1.165, 1.54) is 32.1 Å². The molecule has 1 amide bonds. The van der Waals surface area contributed by atoms with Gasteiger partial charge in [-0.3, -0.25) is 10.1 Å². The maximum atomic E-state index is 12.4. The van der Waals surface area contributed by atoms with Gasteiger partial charge in [0.1, 0.15) is 0 Å². The second kappa shape index (κ2) is 6.05. The Kier molecular flexibility index (Phi) is 4.66. The minimum Gasteiger partial charge on any atom is -0.326 e. The molecule has 0 aromatic carbocycles. The fourth-order valence-corrected chi connectivity index (χ4v) is 3.38. The SMILES string of the molecule is CC(C)CC1NC(C)N(CC2CCCCC2)C1=O. The van der Waals surface area contributed by atoms with E-state index in [-0.39, 0.29) is 12.2 Å². The Labute approximate surface area is 111 Å². The summed E-state index contributed by atoms with van der Waals surface area (Å²) >= 11 is 0. The van der Waals surface area contributed by atoms with E-state index >= 15 is 0 Å². The predicted octanol–water partition coefficient (Wildman–Crippen LogP) is 2.76. The molecule has 0 aromatic rings. The third-order valence-electron chi connectivity index (χ3n) is 4.38. The average Bonchev–Trinajstić information content (AvgIpc) is 2.58. The van der Waals surface area contributed by atoms with Crippen LogP contribution in [-0.4, -0.2) is 29.6 Å². The molecule has 1 saturated heterocycles. The van der Waals surface area contributed by atoms with Crippen LogP contribution in [-0.2, 0) is 4.79 Å². The van der Waals surface area contributed by atoms with Crippen LogP contribution in [0, 0.1) is 11.8 Å². The maximum absolute atomic E-state index is 12.4. The molecule has 3 nitrogen and oxygen atoms in total. The molecule has 2 fully saturated rings. The van der Waals surface area contributed by atoms with Crippen molar-refractivity contribution in [2.75, 3.05) is 6.54 Å². The van der Waals surface area contributed by atoms with Crippen molar-refractivity contribution in [2.24, 2.45) is 11.8 Å². The highest BCUT2D eigenvalue weighted by Gasteiger charge is 2.37. The Hall–Kier alpha value is -0.570. The van der Waals surface area contributed by atoms with Crippen molar-refractivity contribution < 1.29 is 4.79 Å². The number of nitrogens with one attached hydrogen (secondary N) is 1. The number of carbonyl (C=O) groups excluding carboxylic acids is 1. The fraction of sp³-hybridized carbons (Fsp3) is 0.933. The lowest BCUT2D eigenvalue weighted by Crippen LogP contribution is -2.38. The molecular formula is C15H28N2O. The van der Waals surface area contributed by atoms with Gasteiger partial charge in [0.2, 0.25) is 5.91 Å². The van der Waals surface area contributed by atoms with Crippen molar-refractivity contribution in [3.05, 3.63) is 0 Å². The second-order valence-corrected chi connectivity index (χ2v) is 6.52. The molecule has 18 heavy (non-hydrogen) atoms. The first-order valence-electron chi connectivity index (χ1n) is 7.64. The summed E-state index contributed by atoms with van der Waals surface area (Å²) in [6.07, 6.45) is 7.89. The lowest BCUT2D eigenvalue weighted by Gasteiger charge is -2.29. The van der Waals surface area contributed by atoms with Crippen LogP contribution in [0.25, 0.3) is 0 Å². The topological polar surface area (TPSA) is 32.3 Å². The van der Waals surface area contributed by atoms with Crippen LogP contribution >= 0.6 is 0 Å². The van der Waals surface area contributed by atoms with Crippen LogP contribution in [0.2, 0.25) is 0 Å². The number of rotatable bonds is 4. The molecule has 2 atom stereocenters. The van der Waals surface area contributed by atoms with E-state index in [0.717, 1.165) is 18.9 Å². The molecule has 0 aromatic heterocycles. The molecule has 104 valence electrons. The van der Waals surface area contributed by atoms with Gasteiger partial charge in [-0.15, -0.1) is 0 Å². The third kappa shape index (κ3) is 3.25. The molecule has 0 spiro atoms. The zero-order chi connectivity index (χ0) is 13.1. The van der Waals surface area contributed by atoms with Gasteiger partial charge in [0, 0.05) is 6.54 Å². The average molecular weight is 252 g/mol. The summed E-state index contributed by atoms with van der Waals surface area (Å²) in [5.41, 5.74) is 0.